The van der Waals surface area contributed by atoms with Crippen molar-refractivity contribution in [2.45, 2.75) is 38.6 Å². The molecule has 4 nitrogen and oxygen atoms in total. The van der Waals surface area contributed by atoms with Crippen LogP contribution in [0.4, 0.5) is 9.93 Å². The van der Waals surface area contributed by atoms with Gasteiger partial charge in [-0.1, -0.05) is 12.8 Å². The second-order valence-electron chi connectivity index (χ2n) is 3.86. The van der Waals surface area contributed by atoms with E-state index in [-0.39, 0.29) is 6.03 Å². The lowest BCUT2D eigenvalue weighted by Gasteiger charge is -2.11. The zero-order valence-electron chi connectivity index (χ0n) is 8.75. The fourth-order valence-corrected chi connectivity index (χ4v) is 2.46. The molecule has 0 spiro atoms. The summed E-state index contributed by atoms with van der Waals surface area (Å²) in [5, 5.41) is 6.37. The molecule has 1 fully saturated rings. The molecule has 5 heteroatoms. The first kappa shape index (κ1) is 10.4. The average molecular weight is 225 g/mol. The molecule has 2 rings (SSSR count). The highest BCUT2D eigenvalue weighted by atomic mass is 32.1. The number of hydrogen-bond donors (Lipinski definition) is 2. The Morgan fingerprint density at radius 1 is 1.53 bits per heavy atom. The van der Waals surface area contributed by atoms with E-state index in [0.717, 1.165) is 17.7 Å². The van der Waals surface area contributed by atoms with Crippen LogP contribution in [0.25, 0.3) is 0 Å². The van der Waals surface area contributed by atoms with Crippen molar-refractivity contribution in [2.24, 2.45) is 0 Å². The molecule has 0 saturated heterocycles. The number of rotatable bonds is 2. The quantitative estimate of drug-likeness (QED) is 0.812. The zero-order valence-corrected chi connectivity index (χ0v) is 9.56. The van der Waals surface area contributed by atoms with Gasteiger partial charge in [-0.05, 0) is 19.8 Å². The summed E-state index contributed by atoms with van der Waals surface area (Å²) in [4.78, 5) is 16.7. The third-order valence-electron chi connectivity index (χ3n) is 2.53. The minimum Gasteiger partial charge on any atom is -0.335 e. The molecule has 0 aliphatic heterocycles. The van der Waals surface area contributed by atoms with Crippen LogP contribution in [0.5, 0.6) is 0 Å². The highest BCUT2D eigenvalue weighted by Crippen LogP contribution is 2.19. The second kappa shape index (κ2) is 4.61. The van der Waals surface area contributed by atoms with E-state index < -0.39 is 0 Å². The maximum absolute atomic E-state index is 11.5. The first-order chi connectivity index (χ1) is 7.24. The molecule has 15 heavy (non-hydrogen) atoms. The van der Waals surface area contributed by atoms with Crippen LogP contribution in [-0.4, -0.2) is 17.1 Å². The van der Waals surface area contributed by atoms with Gasteiger partial charge in [-0.15, -0.1) is 11.3 Å². The summed E-state index contributed by atoms with van der Waals surface area (Å²) < 4.78 is 0. The Balaban J connectivity index is 1.81. The van der Waals surface area contributed by atoms with Crippen molar-refractivity contribution in [2.75, 3.05) is 5.32 Å². The van der Waals surface area contributed by atoms with Crippen LogP contribution in [0.1, 0.15) is 30.6 Å². The predicted molar refractivity (Wildman–Crippen MR) is 61.3 cm³/mol. The van der Waals surface area contributed by atoms with E-state index in [4.69, 9.17) is 0 Å². The van der Waals surface area contributed by atoms with Gasteiger partial charge in [-0.3, -0.25) is 5.32 Å². The third kappa shape index (κ3) is 2.92. The third-order valence-corrected chi connectivity index (χ3v) is 3.36. The van der Waals surface area contributed by atoms with Gasteiger partial charge >= 0.3 is 6.03 Å². The van der Waals surface area contributed by atoms with Crippen LogP contribution >= 0.6 is 11.3 Å². The van der Waals surface area contributed by atoms with Crippen LogP contribution in [0.15, 0.2) is 6.20 Å². The molecule has 0 unspecified atom stereocenters. The molecule has 1 heterocycles. The number of amides is 2. The number of hydrogen-bond acceptors (Lipinski definition) is 3. The van der Waals surface area contributed by atoms with E-state index in [1.165, 1.54) is 24.2 Å². The maximum Gasteiger partial charge on any atom is 0.321 e. The second-order valence-corrected chi connectivity index (χ2v) is 5.09. The van der Waals surface area contributed by atoms with Crippen LogP contribution in [0, 0.1) is 6.92 Å². The lowest BCUT2D eigenvalue weighted by molar-refractivity contribution is 0.248. The monoisotopic (exact) mass is 225 g/mol. The topological polar surface area (TPSA) is 54.0 Å². The number of thiazole rings is 1. The molecule has 1 aliphatic rings. The van der Waals surface area contributed by atoms with E-state index in [1.54, 1.807) is 6.20 Å². The standard InChI is InChI=1S/C10H15N3OS/c1-7-6-11-10(15-7)13-9(14)12-8-4-2-3-5-8/h6,8H,2-5H2,1H3,(H2,11,12,13,14). The van der Waals surface area contributed by atoms with Gasteiger partial charge in [0.2, 0.25) is 0 Å². The number of urea groups is 1. The molecule has 0 atom stereocenters. The summed E-state index contributed by atoms with van der Waals surface area (Å²) in [6.07, 6.45) is 6.41. The molecule has 2 N–H and O–H groups in total. The van der Waals surface area contributed by atoms with E-state index in [1.807, 2.05) is 6.92 Å². The van der Waals surface area contributed by atoms with Crippen molar-refractivity contribution < 1.29 is 4.79 Å². The number of aryl methyl sites for hydroxylation is 1. The molecule has 1 saturated carbocycles. The molecule has 1 aromatic heterocycles. The largest absolute Gasteiger partial charge is 0.335 e. The normalized spacial score (nSPS) is 16.6. The number of nitrogens with one attached hydrogen (secondary N) is 2. The Hall–Kier alpha value is -1.10. The Kier molecular flexibility index (Phi) is 3.20. The van der Waals surface area contributed by atoms with E-state index >= 15 is 0 Å². The Morgan fingerprint density at radius 2 is 2.27 bits per heavy atom. The molecule has 0 bridgehead atoms. The van der Waals surface area contributed by atoms with Crippen molar-refractivity contribution in [1.82, 2.24) is 10.3 Å². The lowest BCUT2D eigenvalue weighted by atomic mass is 10.3. The SMILES string of the molecule is Cc1cnc(NC(=O)NC2CCCC2)s1. The summed E-state index contributed by atoms with van der Waals surface area (Å²) >= 11 is 1.49. The highest BCUT2D eigenvalue weighted by Gasteiger charge is 2.17. The van der Waals surface area contributed by atoms with E-state index in [9.17, 15) is 4.79 Å². The number of carbonyl (C=O) groups is 1. The van der Waals surface area contributed by atoms with Gasteiger partial charge in [0.25, 0.3) is 0 Å². The number of aromatic nitrogens is 1. The van der Waals surface area contributed by atoms with Gasteiger partial charge in [0.05, 0.1) is 0 Å². The smallest absolute Gasteiger partial charge is 0.321 e. The lowest BCUT2D eigenvalue weighted by Crippen LogP contribution is -2.36. The molecule has 1 aromatic rings. The molecule has 82 valence electrons. The summed E-state index contributed by atoms with van der Waals surface area (Å²) in [5.74, 6) is 0. The molecule has 0 radical (unpaired) electrons. The Morgan fingerprint density at radius 3 is 2.87 bits per heavy atom. The number of nitrogens with zero attached hydrogens (tertiary/aromatic N) is 1. The first-order valence-corrected chi connectivity index (χ1v) is 6.05. The van der Waals surface area contributed by atoms with Crippen LogP contribution in [0.2, 0.25) is 0 Å². The van der Waals surface area contributed by atoms with Crippen molar-refractivity contribution >= 4 is 22.5 Å². The fraction of sp³-hybridized carbons (Fsp3) is 0.600. The minimum absolute atomic E-state index is 0.128. The zero-order chi connectivity index (χ0) is 10.7. The Bertz CT molecular complexity index is 344. The average Bonchev–Trinajstić information content (AvgIpc) is 2.77. The van der Waals surface area contributed by atoms with Gasteiger partial charge in [0.1, 0.15) is 0 Å². The molecule has 1 aliphatic carbocycles. The van der Waals surface area contributed by atoms with Crippen molar-refractivity contribution in [1.29, 1.82) is 0 Å². The van der Waals surface area contributed by atoms with Gasteiger partial charge in [0, 0.05) is 17.1 Å². The van der Waals surface area contributed by atoms with Crippen LogP contribution < -0.4 is 10.6 Å². The fourth-order valence-electron chi connectivity index (χ4n) is 1.80. The summed E-state index contributed by atoms with van der Waals surface area (Å²) in [6, 6.07) is 0.224. The summed E-state index contributed by atoms with van der Waals surface area (Å²) in [7, 11) is 0. The summed E-state index contributed by atoms with van der Waals surface area (Å²) in [6.45, 7) is 1.97. The maximum atomic E-state index is 11.5. The van der Waals surface area contributed by atoms with Gasteiger partial charge < -0.3 is 5.32 Å². The Labute approximate surface area is 93.1 Å². The van der Waals surface area contributed by atoms with Gasteiger partial charge in [0.15, 0.2) is 5.13 Å². The molecular formula is C10H15N3OS. The minimum atomic E-state index is -0.128. The van der Waals surface area contributed by atoms with Gasteiger partial charge in [-0.25, -0.2) is 9.78 Å². The predicted octanol–water partition coefficient (Wildman–Crippen LogP) is 2.52. The van der Waals surface area contributed by atoms with Crippen molar-refractivity contribution in [3.05, 3.63) is 11.1 Å². The molecular weight excluding hydrogens is 210 g/mol. The van der Waals surface area contributed by atoms with E-state index in [2.05, 4.69) is 15.6 Å². The number of carbonyl (C=O) groups excluding carboxylic acids is 1. The van der Waals surface area contributed by atoms with Crippen molar-refractivity contribution in [3.8, 4) is 0 Å². The number of anilines is 1. The molecule has 2 amide bonds. The van der Waals surface area contributed by atoms with Crippen molar-refractivity contribution in [3.63, 3.8) is 0 Å². The van der Waals surface area contributed by atoms with Gasteiger partial charge in [-0.2, -0.15) is 0 Å². The van der Waals surface area contributed by atoms with Crippen LogP contribution in [-0.2, 0) is 0 Å². The van der Waals surface area contributed by atoms with Crippen LogP contribution in [0.3, 0.4) is 0 Å². The molecule has 0 aromatic carbocycles. The van der Waals surface area contributed by atoms with E-state index in [0.29, 0.717) is 11.2 Å². The highest BCUT2D eigenvalue weighted by molar-refractivity contribution is 7.15. The summed E-state index contributed by atoms with van der Waals surface area (Å²) in [5.41, 5.74) is 0. The first-order valence-electron chi connectivity index (χ1n) is 5.24.